The van der Waals surface area contributed by atoms with Crippen molar-refractivity contribution in [1.29, 1.82) is 0 Å². The molecule has 3 heterocycles. The molecule has 0 fully saturated rings. The molecule has 1 atom stereocenters. The van der Waals surface area contributed by atoms with E-state index < -0.39 is 0 Å². The molecule has 8 nitrogen and oxygen atoms in total. The van der Waals surface area contributed by atoms with Gasteiger partial charge in [0.15, 0.2) is 11.5 Å². The predicted octanol–water partition coefficient (Wildman–Crippen LogP) is 5.46. The molecule has 4 aromatic rings. The van der Waals surface area contributed by atoms with E-state index in [-0.39, 0.29) is 11.8 Å². The van der Waals surface area contributed by atoms with Crippen LogP contribution in [0.5, 0.6) is 17.2 Å². The third-order valence-corrected chi connectivity index (χ3v) is 7.21. The Labute approximate surface area is 207 Å². The molecule has 1 amide bonds. The van der Waals surface area contributed by atoms with E-state index in [9.17, 15) is 4.79 Å². The van der Waals surface area contributed by atoms with Crippen LogP contribution in [0.15, 0.2) is 36.4 Å². The first-order valence-electron chi connectivity index (χ1n) is 11.7. The van der Waals surface area contributed by atoms with Crippen LogP contribution in [0.3, 0.4) is 0 Å². The van der Waals surface area contributed by atoms with Gasteiger partial charge in [0.25, 0.3) is 0 Å². The van der Waals surface area contributed by atoms with Gasteiger partial charge in [-0.3, -0.25) is 4.79 Å². The van der Waals surface area contributed by atoms with Crippen molar-refractivity contribution in [3.05, 3.63) is 53.2 Å². The van der Waals surface area contributed by atoms with Crippen molar-refractivity contribution in [1.82, 2.24) is 14.8 Å². The standard InChI is InChI=1S/C26H28N4O4S/c1-5-6-11-34-20-10-7-16(12-21(20)33-4)18-14-23(31)28-25-24(18)15(2)29-30(25)26-27-19-9-8-17(32-3)13-22(19)35-26/h7-10,12-13,18H,5-6,11,14H2,1-4H3,(H,28,31)/t18-/m0/s1. The van der Waals surface area contributed by atoms with Gasteiger partial charge < -0.3 is 19.5 Å². The highest BCUT2D eigenvalue weighted by Crippen LogP contribution is 2.43. The molecule has 1 N–H and O–H groups in total. The first kappa shape index (κ1) is 23.2. The summed E-state index contributed by atoms with van der Waals surface area (Å²) in [7, 11) is 3.28. The molecule has 0 unspecified atom stereocenters. The lowest BCUT2D eigenvalue weighted by molar-refractivity contribution is -0.116. The lowest BCUT2D eigenvalue weighted by atomic mass is 9.85. The van der Waals surface area contributed by atoms with Crippen molar-refractivity contribution in [3.63, 3.8) is 0 Å². The summed E-state index contributed by atoms with van der Waals surface area (Å²) < 4.78 is 19.6. The summed E-state index contributed by atoms with van der Waals surface area (Å²) in [6.45, 7) is 4.74. The number of hydrogen-bond donors (Lipinski definition) is 1. The third kappa shape index (κ3) is 4.32. The van der Waals surface area contributed by atoms with Crippen LogP contribution in [0.25, 0.3) is 15.3 Å². The Kier molecular flexibility index (Phi) is 6.34. The van der Waals surface area contributed by atoms with Crippen molar-refractivity contribution in [2.24, 2.45) is 0 Å². The second-order valence-corrected chi connectivity index (χ2v) is 9.52. The lowest BCUT2D eigenvalue weighted by Gasteiger charge is -2.25. The van der Waals surface area contributed by atoms with Crippen molar-refractivity contribution in [3.8, 4) is 22.4 Å². The summed E-state index contributed by atoms with van der Waals surface area (Å²) >= 11 is 1.50. The van der Waals surface area contributed by atoms with Gasteiger partial charge in [0.1, 0.15) is 11.6 Å². The number of aromatic nitrogens is 3. The Bertz CT molecular complexity index is 1390. The Morgan fingerprint density at radius 3 is 2.77 bits per heavy atom. The molecule has 182 valence electrons. The van der Waals surface area contributed by atoms with Crippen LogP contribution in [-0.2, 0) is 4.79 Å². The second kappa shape index (κ2) is 9.58. The minimum absolute atomic E-state index is 0.0614. The number of hydrogen-bond acceptors (Lipinski definition) is 7. The summed E-state index contributed by atoms with van der Waals surface area (Å²) in [6, 6.07) is 11.7. The number of nitrogens with zero attached hydrogens (tertiary/aromatic N) is 3. The molecule has 2 aromatic heterocycles. The quantitative estimate of drug-likeness (QED) is 0.329. The van der Waals surface area contributed by atoms with Crippen LogP contribution >= 0.6 is 11.3 Å². The van der Waals surface area contributed by atoms with Crippen molar-refractivity contribution < 1.29 is 19.0 Å². The van der Waals surface area contributed by atoms with Crippen LogP contribution < -0.4 is 19.5 Å². The van der Waals surface area contributed by atoms with Crippen LogP contribution in [0.2, 0.25) is 0 Å². The van der Waals surface area contributed by atoms with Crippen LogP contribution in [-0.4, -0.2) is 41.5 Å². The van der Waals surface area contributed by atoms with E-state index in [2.05, 4.69) is 12.2 Å². The molecule has 9 heteroatoms. The van der Waals surface area contributed by atoms with E-state index in [4.69, 9.17) is 24.3 Å². The van der Waals surface area contributed by atoms with E-state index in [0.29, 0.717) is 35.5 Å². The molecule has 1 aliphatic heterocycles. The number of thiazole rings is 1. The molecule has 2 aromatic carbocycles. The van der Waals surface area contributed by atoms with Gasteiger partial charge in [-0.1, -0.05) is 30.7 Å². The zero-order valence-electron chi connectivity index (χ0n) is 20.3. The zero-order chi connectivity index (χ0) is 24.5. The Hall–Kier alpha value is -3.59. The molecule has 0 bridgehead atoms. The van der Waals surface area contributed by atoms with Gasteiger partial charge in [0.2, 0.25) is 11.0 Å². The number of rotatable bonds is 8. The lowest BCUT2D eigenvalue weighted by Crippen LogP contribution is -2.25. The minimum Gasteiger partial charge on any atom is -0.497 e. The fourth-order valence-corrected chi connectivity index (χ4v) is 5.38. The largest absolute Gasteiger partial charge is 0.497 e. The van der Waals surface area contributed by atoms with E-state index in [1.165, 1.54) is 11.3 Å². The van der Waals surface area contributed by atoms with Crippen molar-refractivity contribution in [2.75, 3.05) is 26.1 Å². The number of benzene rings is 2. The molecular weight excluding hydrogens is 464 g/mol. The van der Waals surface area contributed by atoms with Crippen LogP contribution in [0.4, 0.5) is 5.82 Å². The van der Waals surface area contributed by atoms with Crippen LogP contribution in [0, 0.1) is 6.92 Å². The molecule has 0 spiro atoms. The number of nitrogens with one attached hydrogen (secondary N) is 1. The first-order chi connectivity index (χ1) is 17.0. The number of methoxy groups -OCH3 is 2. The topological polar surface area (TPSA) is 87.5 Å². The van der Waals surface area contributed by atoms with Gasteiger partial charge in [-0.15, -0.1) is 0 Å². The third-order valence-electron chi connectivity index (χ3n) is 6.21. The Morgan fingerprint density at radius 1 is 1.14 bits per heavy atom. The maximum absolute atomic E-state index is 12.8. The number of unbranched alkanes of at least 4 members (excludes halogenated alkanes) is 1. The number of fused-ring (bicyclic) bond motifs is 2. The highest BCUT2D eigenvalue weighted by Gasteiger charge is 2.33. The summed E-state index contributed by atoms with van der Waals surface area (Å²) in [4.78, 5) is 17.6. The van der Waals surface area contributed by atoms with Gasteiger partial charge in [-0.2, -0.15) is 9.78 Å². The number of carbonyl (C=O) groups is 1. The SMILES string of the molecule is CCCCOc1ccc([C@@H]2CC(=O)Nc3c2c(C)nn3-c2nc3ccc(OC)cc3s2)cc1OC. The van der Waals surface area contributed by atoms with Gasteiger partial charge in [0, 0.05) is 17.9 Å². The summed E-state index contributed by atoms with van der Waals surface area (Å²) in [5.41, 5.74) is 3.68. The number of aryl methyl sites for hydroxylation is 1. The maximum Gasteiger partial charge on any atom is 0.226 e. The smallest absolute Gasteiger partial charge is 0.226 e. The fraction of sp³-hybridized carbons (Fsp3) is 0.346. The normalized spacial score (nSPS) is 15.1. The average molecular weight is 493 g/mol. The molecule has 0 saturated carbocycles. The number of ether oxygens (including phenoxy) is 3. The average Bonchev–Trinajstić information content (AvgIpc) is 3.43. The number of anilines is 1. The Morgan fingerprint density at radius 2 is 2.00 bits per heavy atom. The van der Waals surface area contributed by atoms with E-state index in [1.54, 1.807) is 18.9 Å². The molecule has 5 rings (SSSR count). The number of carbonyl (C=O) groups excluding carboxylic acids is 1. The Balaban J connectivity index is 1.54. The highest BCUT2D eigenvalue weighted by molar-refractivity contribution is 7.20. The molecule has 1 aliphatic rings. The molecule has 0 saturated heterocycles. The number of amides is 1. The summed E-state index contributed by atoms with van der Waals surface area (Å²) in [5.74, 6) is 2.60. The van der Waals surface area contributed by atoms with Crippen molar-refractivity contribution >= 4 is 33.3 Å². The predicted molar refractivity (Wildman–Crippen MR) is 137 cm³/mol. The molecule has 35 heavy (non-hydrogen) atoms. The molecular formula is C26H28N4O4S. The summed E-state index contributed by atoms with van der Waals surface area (Å²) in [5, 5.41) is 8.51. The van der Waals surface area contributed by atoms with E-state index in [1.807, 2.05) is 43.3 Å². The van der Waals surface area contributed by atoms with Gasteiger partial charge in [0.05, 0.1) is 36.7 Å². The van der Waals surface area contributed by atoms with Crippen molar-refractivity contribution in [2.45, 2.75) is 39.0 Å². The monoisotopic (exact) mass is 492 g/mol. The van der Waals surface area contributed by atoms with E-state index >= 15 is 0 Å². The first-order valence-corrected chi connectivity index (χ1v) is 12.5. The summed E-state index contributed by atoms with van der Waals surface area (Å²) in [6.07, 6.45) is 2.37. The molecule has 0 radical (unpaired) electrons. The van der Waals surface area contributed by atoms with Gasteiger partial charge in [-0.25, -0.2) is 4.98 Å². The van der Waals surface area contributed by atoms with Crippen LogP contribution in [0.1, 0.15) is 48.9 Å². The van der Waals surface area contributed by atoms with E-state index in [0.717, 1.165) is 45.6 Å². The van der Waals surface area contributed by atoms with Gasteiger partial charge >= 0.3 is 0 Å². The highest BCUT2D eigenvalue weighted by atomic mass is 32.1. The molecule has 0 aliphatic carbocycles. The second-order valence-electron chi connectivity index (χ2n) is 8.51. The zero-order valence-corrected chi connectivity index (χ0v) is 21.1. The maximum atomic E-state index is 12.8. The fourth-order valence-electron chi connectivity index (χ4n) is 4.43. The minimum atomic E-state index is -0.152. The van der Waals surface area contributed by atoms with Gasteiger partial charge in [-0.05, 0) is 49.2 Å².